The summed E-state index contributed by atoms with van der Waals surface area (Å²) in [5, 5.41) is 2.43. The Kier molecular flexibility index (Phi) is 2.71. The number of hydrogen-bond acceptors (Lipinski definition) is 2. The van der Waals surface area contributed by atoms with Crippen molar-refractivity contribution in [2.45, 2.75) is 13.1 Å². The zero-order valence-corrected chi connectivity index (χ0v) is 9.19. The Morgan fingerprint density at radius 2 is 2.00 bits per heavy atom. The van der Waals surface area contributed by atoms with Gasteiger partial charge in [0.1, 0.15) is 5.01 Å². The molecule has 0 amide bonds. The monoisotopic (exact) mass is 243 g/mol. The Balaban J connectivity index is 2.44. The molecule has 0 spiro atoms. The van der Waals surface area contributed by atoms with Crippen molar-refractivity contribution in [2.75, 3.05) is 0 Å². The highest BCUT2D eigenvalue weighted by atomic mass is 32.1. The van der Waals surface area contributed by atoms with E-state index in [2.05, 4.69) is 4.98 Å². The molecule has 0 atom stereocenters. The van der Waals surface area contributed by atoms with E-state index < -0.39 is 11.7 Å². The van der Waals surface area contributed by atoms with Gasteiger partial charge in [-0.15, -0.1) is 11.3 Å². The molecule has 84 valence electrons. The van der Waals surface area contributed by atoms with E-state index in [1.807, 2.05) is 12.3 Å². The Hall–Kier alpha value is -1.36. The molecule has 0 aliphatic heterocycles. The summed E-state index contributed by atoms with van der Waals surface area (Å²) in [6.07, 6.45) is -4.30. The molecule has 1 aromatic carbocycles. The SMILES string of the molecule is Cc1csc(-c2cccc(C(F)(F)F)c2)n1. The lowest BCUT2D eigenvalue weighted by atomic mass is 10.1. The molecule has 0 radical (unpaired) electrons. The molecule has 1 aromatic heterocycles. The summed E-state index contributed by atoms with van der Waals surface area (Å²) in [6.45, 7) is 1.81. The summed E-state index contributed by atoms with van der Waals surface area (Å²) >= 11 is 1.34. The van der Waals surface area contributed by atoms with Gasteiger partial charge in [-0.25, -0.2) is 4.98 Å². The van der Waals surface area contributed by atoms with Gasteiger partial charge in [0.15, 0.2) is 0 Å². The maximum Gasteiger partial charge on any atom is 0.416 e. The molecule has 0 bridgehead atoms. The second kappa shape index (κ2) is 3.90. The second-order valence-electron chi connectivity index (χ2n) is 3.37. The molecule has 0 aliphatic carbocycles. The molecule has 2 rings (SSSR count). The highest BCUT2D eigenvalue weighted by Gasteiger charge is 2.30. The van der Waals surface area contributed by atoms with Crippen LogP contribution in [0.2, 0.25) is 0 Å². The van der Waals surface area contributed by atoms with Gasteiger partial charge >= 0.3 is 6.18 Å². The van der Waals surface area contributed by atoms with Gasteiger partial charge in [0.25, 0.3) is 0 Å². The first-order valence-electron chi connectivity index (χ1n) is 4.56. The largest absolute Gasteiger partial charge is 0.416 e. The molecule has 0 saturated carbocycles. The number of benzene rings is 1. The number of hydrogen-bond donors (Lipinski definition) is 0. The van der Waals surface area contributed by atoms with Crippen LogP contribution < -0.4 is 0 Å². The van der Waals surface area contributed by atoms with Crippen molar-refractivity contribution < 1.29 is 13.2 Å². The molecule has 0 fully saturated rings. The number of rotatable bonds is 1. The summed E-state index contributed by atoms with van der Waals surface area (Å²) in [5.74, 6) is 0. The van der Waals surface area contributed by atoms with Crippen molar-refractivity contribution in [3.8, 4) is 10.6 Å². The predicted octanol–water partition coefficient (Wildman–Crippen LogP) is 4.14. The van der Waals surface area contributed by atoms with Gasteiger partial charge in [-0.1, -0.05) is 12.1 Å². The number of aryl methyl sites for hydroxylation is 1. The third-order valence-electron chi connectivity index (χ3n) is 2.06. The fraction of sp³-hybridized carbons (Fsp3) is 0.182. The fourth-order valence-corrected chi connectivity index (χ4v) is 2.11. The molecule has 0 unspecified atom stereocenters. The average molecular weight is 243 g/mol. The molecule has 0 aliphatic rings. The first-order valence-corrected chi connectivity index (χ1v) is 5.44. The highest BCUT2D eigenvalue weighted by molar-refractivity contribution is 7.13. The van der Waals surface area contributed by atoms with Crippen LogP contribution in [0.25, 0.3) is 10.6 Å². The van der Waals surface area contributed by atoms with Crippen LogP contribution in [-0.4, -0.2) is 4.98 Å². The molecule has 0 N–H and O–H groups in total. The van der Waals surface area contributed by atoms with Crippen molar-refractivity contribution in [3.63, 3.8) is 0 Å². The molecule has 1 nitrogen and oxygen atoms in total. The number of aromatic nitrogens is 1. The lowest BCUT2D eigenvalue weighted by molar-refractivity contribution is -0.137. The topological polar surface area (TPSA) is 12.9 Å². The summed E-state index contributed by atoms with van der Waals surface area (Å²) in [6, 6.07) is 5.21. The maximum atomic E-state index is 12.5. The molecule has 2 aromatic rings. The van der Waals surface area contributed by atoms with Crippen LogP contribution in [0, 0.1) is 6.92 Å². The number of halogens is 3. The van der Waals surface area contributed by atoms with E-state index in [-0.39, 0.29) is 0 Å². The quantitative estimate of drug-likeness (QED) is 0.733. The Morgan fingerprint density at radius 1 is 1.25 bits per heavy atom. The normalized spacial score (nSPS) is 11.8. The minimum absolute atomic E-state index is 0.507. The van der Waals surface area contributed by atoms with Gasteiger partial charge in [-0.2, -0.15) is 13.2 Å². The summed E-state index contributed by atoms with van der Waals surface area (Å²) in [4.78, 5) is 4.16. The van der Waals surface area contributed by atoms with Crippen LogP contribution >= 0.6 is 11.3 Å². The predicted molar refractivity (Wildman–Crippen MR) is 57.3 cm³/mol. The third-order valence-corrected chi connectivity index (χ3v) is 3.07. The van der Waals surface area contributed by atoms with Crippen LogP contribution in [0.1, 0.15) is 11.3 Å². The summed E-state index contributed by atoms with van der Waals surface area (Å²) in [7, 11) is 0. The van der Waals surface area contributed by atoms with E-state index in [0.717, 1.165) is 17.8 Å². The van der Waals surface area contributed by atoms with Crippen LogP contribution in [0.4, 0.5) is 13.2 Å². The van der Waals surface area contributed by atoms with Crippen molar-refractivity contribution in [1.29, 1.82) is 0 Å². The zero-order valence-electron chi connectivity index (χ0n) is 8.38. The van der Waals surface area contributed by atoms with Crippen molar-refractivity contribution in [1.82, 2.24) is 4.98 Å². The van der Waals surface area contributed by atoms with Gasteiger partial charge in [0.05, 0.1) is 5.56 Å². The smallest absolute Gasteiger partial charge is 0.241 e. The zero-order chi connectivity index (χ0) is 11.8. The van der Waals surface area contributed by atoms with Gasteiger partial charge in [-0.05, 0) is 19.1 Å². The molecular formula is C11H8F3NS. The van der Waals surface area contributed by atoms with E-state index in [4.69, 9.17) is 0 Å². The van der Waals surface area contributed by atoms with Crippen LogP contribution in [0.5, 0.6) is 0 Å². The van der Waals surface area contributed by atoms with E-state index >= 15 is 0 Å². The summed E-state index contributed by atoms with van der Waals surface area (Å²) in [5.41, 5.74) is 0.684. The van der Waals surface area contributed by atoms with Gasteiger partial charge in [0.2, 0.25) is 0 Å². The molecular weight excluding hydrogens is 235 g/mol. The fourth-order valence-electron chi connectivity index (χ4n) is 1.32. The van der Waals surface area contributed by atoms with Crippen LogP contribution in [-0.2, 0) is 6.18 Å². The van der Waals surface area contributed by atoms with Crippen molar-refractivity contribution in [3.05, 3.63) is 40.9 Å². The minimum Gasteiger partial charge on any atom is -0.241 e. The Labute approximate surface area is 94.6 Å². The standard InChI is InChI=1S/C11H8F3NS/c1-7-6-16-10(15-7)8-3-2-4-9(5-8)11(12,13)14/h2-6H,1H3. The first kappa shape index (κ1) is 11.1. The van der Waals surface area contributed by atoms with Gasteiger partial charge in [0, 0.05) is 16.6 Å². The second-order valence-corrected chi connectivity index (χ2v) is 4.23. The van der Waals surface area contributed by atoms with E-state index in [1.165, 1.54) is 17.4 Å². The molecule has 1 heterocycles. The summed E-state index contributed by atoms with van der Waals surface area (Å²) < 4.78 is 37.4. The first-order chi connectivity index (χ1) is 7.47. The van der Waals surface area contributed by atoms with E-state index in [9.17, 15) is 13.2 Å². The Bertz CT molecular complexity index is 502. The lowest BCUT2D eigenvalue weighted by Crippen LogP contribution is -2.04. The van der Waals surface area contributed by atoms with Crippen molar-refractivity contribution in [2.24, 2.45) is 0 Å². The number of thiazole rings is 1. The molecule has 0 saturated heterocycles. The van der Waals surface area contributed by atoms with E-state index in [0.29, 0.717) is 10.6 Å². The minimum atomic E-state index is -4.30. The van der Waals surface area contributed by atoms with Crippen LogP contribution in [0.15, 0.2) is 29.6 Å². The maximum absolute atomic E-state index is 12.5. The lowest BCUT2D eigenvalue weighted by Gasteiger charge is -2.07. The van der Waals surface area contributed by atoms with Crippen molar-refractivity contribution >= 4 is 11.3 Å². The Morgan fingerprint density at radius 3 is 2.56 bits per heavy atom. The molecule has 5 heteroatoms. The van der Waals surface area contributed by atoms with Gasteiger partial charge in [-0.3, -0.25) is 0 Å². The van der Waals surface area contributed by atoms with Gasteiger partial charge < -0.3 is 0 Å². The number of nitrogens with zero attached hydrogens (tertiary/aromatic N) is 1. The van der Waals surface area contributed by atoms with E-state index in [1.54, 1.807) is 6.07 Å². The molecule has 16 heavy (non-hydrogen) atoms. The van der Waals surface area contributed by atoms with Crippen LogP contribution in [0.3, 0.4) is 0 Å². The number of alkyl halides is 3. The highest BCUT2D eigenvalue weighted by Crippen LogP contribution is 2.32. The third kappa shape index (κ3) is 2.24. The average Bonchev–Trinajstić information content (AvgIpc) is 2.64.